The quantitative estimate of drug-likeness (QED) is 0.808. The van der Waals surface area contributed by atoms with Crippen LogP contribution in [0.2, 0.25) is 0 Å². The van der Waals surface area contributed by atoms with Gasteiger partial charge in [-0.05, 0) is 37.6 Å². The summed E-state index contributed by atoms with van der Waals surface area (Å²) in [6, 6.07) is 7.00. The smallest absolute Gasteiger partial charge is 0.362 e. The lowest BCUT2D eigenvalue weighted by atomic mass is 10.2. The van der Waals surface area contributed by atoms with Crippen LogP contribution in [-0.4, -0.2) is 22.4 Å². The van der Waals surface area contributed by atoms with Gasteiger partial charge in [0.05, 0.1) is 12.3 Å². The van der Waals surface area contributed by atoms with Crippen LogP contribution >= 0.6 is 15.9 Å². The summed E-state index contributed by atoms with van der Waals surface area (Å²) < 4.78 is 7.19. The Morgan fingerprint density at radius 3 is 2.80 bits per heavy atom. The van der Waals surface area contributed by atoms with Gasteiger partial charge in [0.1, 0.15) is 0 Å². The first-order valence-corrected chi connectivity index (χ1v) is 6.85. The van der Waals surface area contributed by atoms with E-state index in [0.717, 1.165) is 15.7 Å². The van der Waals surface area contributed by atoms with E-state index < -0.39 is 11.4 Å². The molecule has 1 aromatic carbocycles. The van der Waals surface area contributed by atoms with Gasteiger partial charge in [-0.1, -0.05) is 15.9 Å². The highest BCUT2D eigenvalue weighted by Gasteiger charge is 2.14. The van der Waals surface area contributed by atoms with Crippen molar-refractivity contribution in [1.29, 1.82) is 0 Å². The van der Waals surface area contributed by atoms with Crippen LogP contribution in [0.15, 0.2) is 39.7 Å². The number of esters is 1. The Bertz CT molecular complexity index is 690. The number of hydrogen-bond donors (Lipinski definition) is 0. The minimum atomic E-state index is -0.710. The Morgan fingerprint density at radius 2 is 2.15 bits per heavy atom. The van der Waals surface area contributed by atoms with Crippen molar-refractivity contribution in [3.8, 4) is 5.69 Å². The van der Waals surface area contributed by atoms with Gasteiger partial charge in [0.25, 0.3) is 0 Å². The maximum atomic E-state index is 11.7. The van der Waals surface area contributed by atoms with Gasteiger partial charge in [-0.15, -0.1) is 0 Å². The molecule has 0 fully saturated rings. The third kappa shape index (κ3) is 3.14. The van der Waals surface area contributed by atoms with E-state index in [9.17, 15) is 9.59 Å². The minimum absolute atomic E-state index is 0.199. The summed E-state index contributed by atoms with van der Waals surface area (Å²) >= 11 is 3.40. The van der Waals surface area contributed by atoms with Crippen molar-refractivity contribution in [2.75, 3.05) is 6.61 Å². The number of hydrogen-bond acceptors (Lipinski definition) is 4. The van der Waals surface area contributed by atoms with Crippen LogP contribution in [0.1, 0.15) is 23.0 Å². The van der Waals surface area contributed by atoms with E-state index in [-0.39, 0.29) is 12.3 Å². The van der Waals surface area contributed by atoms with Crippen molar-refractivity contribution in [1.82, 2.24) is 9.78 Å². The second-order valence-corrected chi connectivity index (χ2v) is 5.10. The Labute approximate surface area is 124 Å². The number of carbonyl (C=O) groups is 1. The standard InChI is InChI=1S/C14H13BrN2O3/c1-3-20-14(19)13-12(18)4-5-17(16-13)11-7-9(2)6-10(15)8-11/h4-8H,3H2,1-2H3. The highest BCUT2D eigenvalue weighted by molar-refractivity contribution is 9.10. The number of carbonyl (C=O) groups excluding carboxylic acids is 1. The van der Waals surface area contributed by atoms with Crippen molar-refractivity contribution in [2.24, 2.45) is 0 Å². The summed E-state index contributed by atoms with van der Waals surface area (Å²) in [5.74, 6) is -0.710. The molecule has 0 aliphatic rings. The van der Waals surface area contributed by atoms with E-state index in [1.165, 1.54) is 16.9 Å². The highest BCUT2D eigenvalue weighted by Crippen LogP contribution is 2.17. The Hall–Kier alpha value is -1.95. The molecule has 0 unspecified atom stereocenters. The number of ether oxygens (including phenoxy) is 1. The van der Waals surface area contributed by atoms with Gasteiger partial charge in [-0.2, -0.15) is 5.10 Å². The fourth-order valence-corrected chi connectivity index (χ4v) is 2.34. The third-order valence-corrected chi connectivity index (χ3v) is 3.03. The van der Waals surface area contributed by atoms with Gasteiger partial charge in [0.15, 0.2) is 0 Å². The molecule has 104 valence electrons. The van der Waals surface area contributed by atoms with E-state index in [0.29, 0.717) is 0 Å². The molecule has 0 radical (unpaired) electrons. The van der Waals surface area contributed by atoms with E-state index in [4.69, 9.17) is 4.74 Å². The predicted molar refractivity (Wildman–Crippen MR) is 78.2 cm³/mol. The summed E-state index contributed by atoms with van der Waals surface area (Å²) in [4.78, 5) is 23.3. The van der Waals surface area contributed by atoms with Gasteiger partial charge in [0, 0.05) is 16.7 Å². The van der Waals surface area contributed by atoms with E-state index in [1.54, 1.807) is 6.92 Å². The molecular weight excluding hydrogens is 324 g/mol. The molecule has 1 heterocycles. The number of halogens is 1. The summed E-state index contributed by atoms with van der Waals surface area (Å²) in [6.07, 6.45) is 1.52. The van der Waals surface area contributed by atoms with E-state index >= 15 is 0 Å². The highest BCUT2D eigenvalue weighted by atomic mass is 79.9. The molecule has 20 heavy (non-hydrogen) atoms. The Balaban J connectivity index is 2.51. The molecule has 0 bridgehead atoms. The zero-order valence-corrected chi connectivity index (χ0v) is 12.7. The molecule has 2 rings (SSSR count). The molecule has 6 heteroatoms. The maximum absolute atomic E-state index is 11.7. The molecule has 0 N–H and O–H groups in total. The lowest BCUT2D eigenvalue weighted by Gasteiger charge is -2.08. The number of aromatic nitrogens is 2. The zero-order valence-electron chi connectivity index (χ0n) is 11.1. The molecular formula is C14H13BrN2O3. The van der Waals surface area contributed by atoms with Crippen molar-refractivity contribution in [2.45, 2.75) is 13.8 Å². The minimum Gasteiger partial charge on any atom is -0.461 e. The topological polar surface area (TPSA) is 61.2 Å². The van der Waals surface area contributed by atoms with Crippen molar-refractivity contribution < 1.29 is 9.53 Å². The van der Waals surface area contributed by atoms with E-state index in [1.807, 2.05) is 25.1 Å². The SMILES string of the molecule is CCOC(=O)c1nn(-c2cc(C)cc(Br)c2)ccc1=O. The lowest BCUT2D eigenvalue weighted by Crippen LogP contribution is -2.22. The monoisotopic (exact) mass is 336 g/mol. The molecule has 0 spiro atoms. The van der Waals surface area contributed by atoms with Crippen LogP contribution < -0.4 is 5.43 Å². The van der Waals surface area contributed by atoms with Gasteiger partial charge in [-0.25, -0.2) is 9.48 Å². The maximum Gasteiger partial charge on any atom is 0.362 e. The Morgan fingerprint density at radius 1 is 1.40 bits per heavy atom. The molecule has 0 saturated heterocycles. The number of benzene rings is 1. The van der Waals surface area contributed by atoms with Crippen LogP contribution in [0.3, 0.4) is 0 Å². The molecule has 0 atom stereocenters. The lowest BCUT2D eigenvalue weighted by molar-refractivity contribution is 0.0515. The molecule has 1 aromatic heterocycles. The first kappa shape index (κ1) is 14.5. The first-order chi connectivity index (χ1) is 9.51. The first-order valence-electron chi connectivity index (χ1n) is 6.06. The number of rotatable bonds is 3. The number of aryl methyl sites for hydroxylation is 1. The van der Waals surface area contributed by atoms with Crippen LogP contribution in [-0.2, 0) is 4.74 Å². The van der Waals surface area contributed by atoms with E-state index in [2.05, 4.69) is 21.0 Å². The van der Waals surface area contributed by atoms with Crippen molar-refractivity contribution >= 4 is 21.9 Å². The van der Waals surface area contributed by atoms with Crippen LogP contribution in [0.4, 0.5) is 0 Å². The second kappa shape index (κ2) is 6.00. The summed E-state index contributed by atoms with van der Waals surface area (Å²) in [6.45, 7) is 3.82. The van der Waals surface area contributed by atoms with Crippen LogP contribution in [0.25, 0.3) is 5.69 Å². The average molecular weight is 337 g/mol. The second-order valence-electron chi connectivity index (χ2n) is 4.18. The summed E-state index contributed by atoms with van der Waals surface area (Å²) in [7, 11) is 0. The molecule has 0 aliphatic carbocycles. The van der Waals surface area contributed by atoms with Crippen LogP contribution in [0, 0.1) is 6.92 Å². The summed E-state index contributed by atoms with van der Waals surface area (Å²) in [5, 5.41) is 4.05. The fourth-order valence-electron chi connectivity index (χ4n) is 1.74. The average Bonchev–Trinajstić information content (AvgIpc) is 2.38. The van der Waals surface area contributed by atoms with Crippen LogP contribution in [0.5, 0.6) is 0 Å². The molecule has 0 saturated carbocycles. The van der Waals surface area contributed by atoms with Crippen molar-refractivity contribution in [3.05, 3.63) is 56.4 Å². The third-order valence-electron chi connectivity index (χ3n) is 2.57. The molecule has 2 aromatic rings. The summed E-state index contributed by atoms with van der Waals surface area (Å²) in [5.41, 5.74) is 1.12. The van der Waals surface area contributed by atoms with Gasteiger partial charge in [-0.3, -0.25) is 4.79 Å². The zero-order chi connectivity index (χ0) is 14.7. The number of nitrogens with zero attached hydrogens (tertiary/aromatic N) is 2. The van der Waals surface area contributed by atoms with Gasteiger partial charge >= 0.3 is 5.97 Å². The van der Waals surface area contributed by atoms with Gasteiger partial charge < -0.3 is 4.74 Å². The molecule has 0 amide bonds. The Kier molecular flexibility index (Phi) is 4.34. The molecule has 0 aliphatic heterocycles. The molecule has 5 nitrogen and oxygen atoms in total. The van der Waals surface area contributed by atoms with Gasteiger partial charge in [0.2, 0.25) is 11.1 Å². The fraction of sp³-hybridized carbons (Fsp3) is 0.214. The predicted octanol–water partition coefficient (Wildman–Crippen LogP) is 2.48. The van der Waals surface area contributed by atoms with Crippen molar-refractivity contribution in [3.63, 3.8) is 0 Å². The largest absolute Gasteiger partial charge is 0.461 e. The normalized spacial score (nSPS) is 10.3.